The van der Waals surface area contributed by atoms with E-state index in [1.54, 1.807) is 12.0 Å². The number of anilines is 2. The molecule has 0 bridgehead atoms. The Hall–Kier alpha value is -2.08. The fourth-order valence-electron chi connectivity index (χ4n) is 3.96. The number of pyridine rings is 1. The molecule has 0 amide bonds. The van der Waals surface area contributed by atoms with E-state index in [4.69, 9.17) is 16.3 Å². The fourth-order valence-corrected chi connectivity index (χ4v) is 5.43. The van der Waals surface area contributed by atoms with Crippen LogP contribution in [0.1, 0.15) is 20.3 Å². The van der Waals surface area contributed by atoms with E-state index in [2.05, 4.69) is 9.88 Å². The fraction of sp³-hybridized carbons (Fsp3) is 0.476. The van der Waals surface area contributed by atoms with Gasteiger partial charge in [0.25, 0.3) is 10.0 Å². The predicted octanol–water partition coefficient (Wildman–Crippen LogP) is 3.89. The minimum Gasteiger partial charge on any atom is -0.375 e. The number of hydrogen-bond donors (Lipinski definition) is 1. The first-order valence-electron chi connectivity index (χ1n) is 10.4. The van der Waals surface area contributed by atoms with Crippen LogP contribution in [-0.4, -0.2) is 63.7 Å². The SMILES string of the molecule is CCN(CC)C[C@]1(OC)CCN(c2cc(F)c(S(=O)(=O)Nc3cccc(F)n3)c(F)c2Cl)C1. The maximum Gasteiger partial charge on any atom is 0.268 e. The average Bonchev–Trinajstić information content (AvgIpc) is 3.18. The van der Waals surface area contributed by atoms with E-state index >= 15 is 4.39 Å². The lowest BCUT2D eigenvalue weighted by molar-refractivity contribution is -0.0177. The Morgan fingerprint density at radius 1 is 1.27 bits per heavy atom. The molecule has 0 spiro atoms. The molecule has 1 aromatic heterocycles. The van der Waals surface area contributed by atoms with Gasteiger partial charge in [-0.1, -0.05) is 31.5 Å². The number of ether oxygens (including phenoxy) is 1. The van der Waals surface area contributed by atoms with Gasteiger partial charge in [-0.05, 0) is 31.6 Å². The van der Waals surface area contributed by atoms with E-state index in [9.17, 15) is 17.2 Å². The smallest absolute Gasteiger partial charge is 0.268 e. The Morgan fingerprint density at radius 2 is 1.97 bits per heavy atom. The van der Waals surface area contributed by atoms with Crippen molar-refractivity contribution in [2.45, 2.75) is 30.8 Å². The summed E-state index contributed by atoms with van der Waals surface area (Å²) in [6.07, 6.45) is 0.604. The zero-order chi connectivity index (χ0) is 24.4. The molecular weight excluding hydrogens is 481 g/mol. The Bertz CT molecular complexity index is 1120. The standard InChI is InChI=1S/C21H26ClF3N4O3S/c1-4-28(5-2)12-21(32-3)9-10-29(13-21)15-11-14(23)20(19(25)18(15)22)33(30,31)27-17-8-6-7-16(24)26-17/h6-8,11H,4-5,9-10,12-13H2,1-3H3,(H,26,27)/t21-/m1/s1. The van der Waals surface area contributed by atoms with Gasteiger partial charge in [0, 0.05) is 32.8 Å². The van der Waals surface area contributed by atoms with E-state index < -0.39 is 48.9 Å². The molecule has 1 aromatic carbocycles. The lowest BCUT2D eigenvalue weighted by atomic mass is 10.0. The summed E-state index contributed by atoms with van der Waals surface area (Å²) in [7, 11) is -3.17. The summed E-state index contributed by atoms with van der Waals surface area (Å²) >= 11 is 6.18. The summed E-state index contributed by atoms with van der Waals surface area (Å²) in [6.45, 7) is 7.10. The number of halogens is 4. The summed E-state index contributed by atoms with van der Waals surface area (Å²) < 4.78 is 76.2. The van der Waals surface area contributed by atoms with Gasteiger partial charge in [0.15, 0.2) is 10.7 Å². The highest BCUT2D eigenvalue weighted by Crippen LogP contribution is 2.39. The van der Waals surface area contributed by atoms with Crippen molar-refractivity contribution < 1.29 is 26.3 Å². The molecule has 1 aliphatic rings. The highest BCUT2D eigenvalue weighted by atomic mass is 35.5. The van der Waals surface area contributed by atoms with Crippen molar-refractivity contribution in [2.75, 3.05) is 49.5 Å². The van der Waals surface area contributed by atoms with Crippen LogP contribution in [0, 0.1) is 17.6 Å². The van der Waals surface area contributed by atoms with Gasteiger partial charge in [0.05, 0.1) is 11.3 Å². The normalized spacial score (nSPS) is 18.8. The average molecular weight is 507 g/mol. The minimum absolute atomic E-state index is 0.0352. The van der Waals surface area contributed by atoms with Crippen molar-refractivity contribution in [3.05, 3.63) is 46.9 Å². The quantitative estimate of drug-likeness (QED) is 0.411. The van der Waals surface area contributed by atoms with Crippen LogP contribution >= 0.6 is 11.6 Å². The maximum absolute atomic E-state index is 15.1. The molecule has 1 aliphatic heterocycles. The van der Waals surface area contributed by atoms with E-state index in [1.165, 1.54) is 6.07 Å². The van der Waals surface area contributed by atoms with E-state index in [0.717, 1.165) is 31.3 Å². The monoisotopic (exact) mass is 506 g/mol. The molecule has 0 aliphatic carbocycles. The Morgan fingerprint density at radius 3 is 2.58 bits per heavy atom. The maximum atomic E-state index is 15.1. The van der Waals surface area contributed by atoms with E-state index in [-0.39, 0.29) is 5.69 Å². The molecule has 2 aromatic rings. The Labute approximate surface area is 196 Å². The van der Waals surface area contributed by atoms with Crippen molar-refractivity contribution in [3.8, 4) is 0 Å². The van der Waals surface area contributed by atoms with Gasteiger partial charge in [-0.15, -0.1) is 0 Å². The van der Waals surface area contributed by atoms with Gasteiger partial charge in [-0.2, -0.15) is 4.39 Å². The second-order valence-corrected chi connectivity index (χ2v) is 9.80. The lowest BCUT2D eigenvalue weighted by Gasteiger charge is -2.33. The molecule has 0 radical (unpaired) electrons. The van der Waals surface area contributed by atoms with E-state index in [1.807, 2.05) is 18.6 Å². The first-order chi connectivity index (χ1) is 15.6. The topological polar surface area (TPSA) is 74.8 Å². The summed E-state index contributed by atoms with van der Waals surface area (Å²) in [6, 6.07) is 4.25. The summed E-state index contributed by atoms with van der Waals surface area (Å²) in [4.78, 5) is 5.96. The first kappa shape index (κ1) is 25.5. The molecule has 1 saturated heterocycles. The third-order valence-corrected chi connectivity index (χ3v) is 7.57. The number of nitrogens with one attached hydrogen (secondary N) is 1. The van der Waals surface area contributed by atoms with Crippen LogP contribution in [0.15, 0.2) is 29.2 Å². The van der Waals surface area contributed by atoms with Crippen LogP contribution in [0.4, 0.5) is 24.7 Å². The van der Waals surface area contributed by atoms with Crippen molar-refractivity contribution in [1.29, 1.82) is 0 Å². The summed E-state index contributed by atoms with van der Waals surface area (Å²) in [5, 5.41) is -0.529. The second kappa shape index (κ2) is 10.0. The van der Waals surface area contributed by atoms with E-state index in [0.29, 0.717) is 26.1 Å². The largest absolute Gasteiger partial charge is 0.375 e. The lowest BCUT2D eigenvalue weighted by Crippen LogP contribution is -2.46. The molecule has 3 rings (SSSR count). The zero-order valence-corrected chi connectivity index (χ0v) is 20.1. The predicted molar refractivity (Wildman–Crippen MR) is 121 cm³/mol. The molecule has 33 heavy (non-hydrogen) atoms. The number of aromatic nitrogens is 1. The second-order valence-electron chi connectivity index (χ2n) is 7.81. The number of benzene rings is 1. The molecule has 0 saturated carbocycles. The van der Waals surface area contributed by atoms with Crippen molar-refractivity contribution in [1.82, 2.24) is 9.88 Å². The molecule has 7 nitrogen and oxygen atoms in total. The third kappa shape index (κ3) is 5.37. The number of nitrogens with zero attached hydrogens (tertiary/aromatic N) is 3. The zero-order valence-electron chi connectivity index (χ0n) is 18.5. The molecule has 1 fully saturated rings. The van der Waals surface area contributed by atoms with Crippen LogP contribution in [0.3, 0.4) is 0 Å². The van der Waals surface area contributed by atoms with Gasteiger partial charge in [-0.25, -0.2) is 22.2 Å². The number of likely N-dealkylation sites (N-methyl/N-ethyl adjacent to an activating group) is 1. The molecule has 182 valence electrons. The molecule has 2 heterocycles. The Kier molecular flexibility index (Phi) is 7.77. The number of methoxy groups -OCH3 is 1. The number of hydrogen-bond acceptors (Lipinski definition) is 6. The van der Waals surface area contributed by atoms with Crippen LogP contribution < -0.4 is 9.62 Å². The number of rotatable bonds is 9. The Balaban J connectivity index is 1.91. The number of sulfonamides is 1. The highest BCUT2D eigenvalue weighted by Gasteiger charge is 2.41. The third-order valence-electron chi connectivity index (χ3n) is 5.82. The molecule has 1 atom stereocenters. The van der Waals surface area contributed by atoms with Gasteiger partial charge >= 0.3 is 0 Å². The summed E-state index contributed by atoms with van der Waals surface area (Å²) in [5.74, 6) is -4.14. The van der Waals surface area contributed by atoms with Crippen LogP contribution in [0.2, 0.25) is 5.02 Å². The van der Waals surface area contributed by atoms with Crippen LogP contribution in [0.5, 0.6) is 0 Å². The van der Waals surface area contributed by atoms with Gasteiger partial charge in [0.2, 0.25) is 5.95 Å². The van der Waals surface area contributed by atoms with Gasteiger partial charge in [-0.3, -0.25) is 4.72 Å². The van der Waals surface area contributed by atoms with Crippen molar-refractivity contribution >= 4 is 33.1 Å². The highest BCUT2D eigenvalue weighted by molar-refractivity contribution is 7.92. The van der Waals surface area contributed by atoms with Crippen LogP contribution in [0.25, 0.3) is 0 Å². The molecule has 0 unspecified atom stereocenters. The molecule has 12 heteroatoms. The molecule has 1 N–H and O–H groups in total. The summed E-state index contributed by atoms with van der Waals surface area (Å²) in [5.41, 5.74) is -0.523. The van der Waals surface area contributed by atoms with Crippen molar-refractivity contribution in [3.63, 3.8) is 0 Å². The van der Waals surface area contributed by atoms with Gasteiger partial charge < -0.3 is 14.5 Å². The minimum atomic E-state index is -4.77. The van der Waals surface area contributed by atoms with Crippen molar-refractivity contribution in [2.24, 2.45) is 0 Å². The van der Waals surface area contributed by atoms with Crippen LogP contribution in [-0.2, 0) is 14.8 Å². The molecular formula is C21H26ClF3N4O3S. The first-order valence-corrected chi connectivity index (χ1v) is 12.3. The van der Waals surface area contributed by atoms with Gasteiger partial charge in [0.1, 0.15) is 16.7 Å².